The average Bonchev–Trinajstić information content (AvgIpc) is 2.44. The zero-order valence-electron chi connectivity index (χ0n) is 8.92. The van der Waals surface area contributed by atoms with E-state index in [1.807, 2.05) is 6.07 Å². The second kappa shape index (κ2) is 2.91. The van der Waals surface area contributed by atoms with Gasteiger partial charge in [-0.1, -0.05) is 13.8 Å². The van der Waals surface area contributed by atoms with Gasteiger partial charge in [0.25, 0.3) is 0 Å². The first-order chi connectivity index (χ1) is 6.56. The predicted molar refractivity (Wildman–Crippen MR) is 56.0 cm³/mol. The Kier molecular flexibility index (Phi) is 1.95. The Morgan fingerprint density at radius 3 is 2.71 bits per heavy atom. The molecule has 1 N–H and O–H groups in total. The molecule has 0 amide bonds. The SMILES string of the molecule is COc1ccc(O)c2c1CCC2(C)C. The molecule has 0 aromatic heterocycles. The Morgan fingerprint density at radius 1 is 1.36 bits per heavy atom. The molecule has 0 fully saturated rings. The summed E-state index contributed by atoms with van der Waals surface area (Å²) in [6.45, 7) is 4.33. The summed E-state index contributed by atoms with van der Waals surface area (Å²) >= 11 is 0. The molecular weight excluding hydrogens is 176 g/mol. The summed E-state index contributed by atoms with van der Waals surface area (Å²) in [5.41, 5.74) is 2.32. The van der Waals surface area contributed by atoms with Crippen LogP contribution in [0.2, 0.25) is 0 Å². The number of hydrogen-bond donors (Lipinski definition) is 1. The molecule has 2 nitrogen and oxygen atoms in total. The number of ether oxygens (including phenoxy) is 1. The quantitative estimate of drug-likeness (QED) is 0.741. The number of fused-ring (bicyclic) bond motifs is 1. The van der Waals surface area contributed by atoms with Gasteiger partial charge in [-0.05, 0) is 30.4 Å². The summed E-state index contributed by atoms with van der Waals surface area (Å²) in [5, 5.41) is 9.83. The van der Waals surface area contributed by atoms with Gasteiger partial charge in [-0.25, -0.2) is 0 Å². The molecule has 0 radical (unpaired) electrons. The highest BCUT2D eigenvalue weighted by Gasteiger charge is 2.34. The minimum Gasteiger partial charge on any atom is -0.508 e. The van der Waals surface area contributed by atoms with E-state index in [0.717, 1.165) is 24.2 Å². The number of methoxy groups -OCH3 is 1. The highest BCUT2D eigenvalue weighted by Crippen LogP contribution is 2.46. The standard InChI is InChI=1S/C12H16O2/c1-12(2)7-6-8-10(14-3)5-4-9(13)11(8)12/h4-5,13H,6-7H2,1-3H3. The van der Waals surface area contributed by atoms with Crippen molar-refractivity contribution in [2.24, 2.45) is 0 Å². The van der Waals surface area contributed by atoms with Gasteiger partial charge in [-0.2, -0.15) is 0 Å². The van der Waals surface area contributed by atoms with E-state index in [-0.39, 0.29) is 5.41 Å². The third-order valence-electron chi connectivity index (χ3n) is 3.14. The van der Waals surface area contributed by atoms with Crippen LogP contribution in [0.25, 0.3) is 0 Å². The van der Waals surface area contributed by atoms with Gasteiger partial charge in [0, 0.05) is 11.1 Å². The van der Waals surface area contributed by atoms with Crippen LogP contribution in [-0.4, -0.2) is 12.2 Å². The van der Waals surface area contributed by atoms with E-state index in [1.54, 1.807) is 13.2 Å². The molecule has 2 heteroatoms. The van der Waals surface area contributed by atoms with E-state index in [4.69, 9.17) is 4.74 Å². The Balaban J connectivity index is 2.65. The number of hydrogen-bond acceptors (Lipinski definition) is 2. The summed E-state index contributed by atoms with van der Waals surface area (Å²) in [6, 6.07) is 3.57. The van der Waals surface area contributed by atoms with Crippen molar-refractivity contribution in [1.82, 2.24) is 0 Å². The van der Waals surface area contributed by atoms with Crippen LogP contribution in [0.3, 0.4) is 0 Å². The Bertz CT molecular complexity index is 367. The molecule has 1 aromatic carbocycles. The largest absolute Gasteiger partial charge is 0.508 e. The normalized spacial score (nSPS) is 17.9. The zero-order chi connectivity index (χ0) is 10.3. The molecule has 0 saturated carbocycles. The molecule has 2 rings (SSSR count). The number of phenolic OH excluding ortho intramolecular Hbond substituents is 1. The number of benzene rings is 1. The van der Waals surface area contributed by atoms with Crippen molar-refractivity contribution in [3.05, 3.63) is 23.3 Å². The van der Waals surface area contributed by atoms with Crippen molar-refractivity contribution in [2.75, 3.05) is 7.11 Å². The zero-order valence-corrected chi connectivity index (χ0v) is 8.92. The fourth-order valence-electron chi connectivity index (χ4n) is 2.37. The summed E-state index contributed by atoms with van der Waals surface area (Å²) in [7, 11) is 1.68. The smallest absolute Gasteiger partial charge is 0.122 e. The lowest BCUT2D eigenvalue weighted by Crippen LogP contribution is -2.12. The Hall–Kier alpha value is -1.18. The maximum atomic E-state index is 9.83. The van der Waals surface area contributed by atoms with Gasteiger partial charge in [-0.15, -0.1) is 0 Å². The molecule has 76 valence electrons. The van der Waals surface area contributed by atoms with Gasteiger partial charge < -0.3 is 9.84 Å². The van der Waals surface area contributed by atoms with Crippen molar-refractivity contribution >= 4 is 0 Å². The molecule has 0 aliphatic heterocycles. The number of rotatable bonds is 1. The van der Waals surface area contributed by atoms with Crippen LogP contribution in [0.4, 0.5) is 0 Å². The van der Waals surface area contributed by atoms with Gasteiger partial charge in [0.05, 0.1) is 7.11 Å². The second-order valence-corrected chi connectivity index (χ2v) is 4.52. The highest BCUT2D eigenvalue weighted by molar-refractivity contribution is 5.54. The van der Waals surface area contributed by atoms with Gasteiger partial charge >= 0.3 is 0 Å². The van der Waals surface area contributed by atoms with E-state index < -0.39 is 0 Å². The van der Waals surface area contributed by atoms with Gasteiger partial charge in [-0.3, -0.25) is 0 Å². The third-order valence-corrected chi connectivity index (χ3v) is 3.14. The topological polar surface area (TPSA) is 29.5 Å². The van der Waals surface area contributed by atoms with E-state index in [0.29, 0.717) is 5.75 Å². The second-order valence-electron chi connectivity index (χ2n) is 4.52. The fraction of sp³-hybridized carbons (Fsp3) is 0.500. The van der Waals surface area contributed by atoms with Crippen molar-refractivity contribution < 1.29 is 9.84 Å². The van der Waals surface area contributed by atoms with Gasteiger partial charge in [0.1, 0.15) is 11.5 Å². The summed E-state index contributed by atoms with van der Waals surface area (Å²) in [6.07, 6.45) is 2.08. The molecule has 14 heavy (non-hydrogen) atoms. The van der Waals surface area contributed by atoms with Crippen LogP contribution >= 0.6 is 0 Å². The molecule has 1 aliphatic carbocycles. The maximum Gasteiger partial charge on any atom is 0.122 e. The number of phenols is 1. The third kappa shape index (κ3) is 1.17. The minimum absolute atomic E-state index is 0.0773. The van der Waals surface area contributed by atoms with E-state index in [9.17, 15) is 5.11 Å². The summed E-state index contributed by atoms with van der Waals surface area (Å²) in [5.74, 6) is 1.31. The first kappa shape index (κ1) is 9.38. The predicted octanol–water partition coefficient (Wildman–Crippen LogP) is 2.62. The first-order valence-corrected chi connectivity index (χ1v) is 4.95. The van der Waals surface area contributed by atoms with Crippen molar-refractivity contribution in [3.8, 4) is 11.5 Å². The lowest BCUT2D eigenvalue weighted by Gasteiger charge is -2.20. The summed E-state index contributed by atoms with van der Waals surface area (Å²) in [4.78, 5) is 0. The van der Waals surface area contributed by atoms with Crippen LogP contribution in [0.1, 0.15) is 31.4 Å². The average molecular weight is 192 g/mol. The monoisotopic (exact) mass is 192 g/mol. The summed E-state index contributed by atoms with van der Waals surface area (Å²) < 4.78 is 5.29. The lowest BCUT2D eigenvalue weighted by molar-refractivity contribution is 0.406. The molecule has 0 spiro atoms. The highest BCUT2D eigenvalue weighted by atomic mass is 16.5. The van der Waals surface area contributed by atoms with Crippen LogP contribution in [0.15, 0.2) is 12.1 Å². The molecule has 0 saturated heterocycles. The molecule has 1 aliphatic rings. The van der Waals surface area contributed by atoms with Crippen molar-refractivity contribution in [3.63, 3.8) is 0 Å². The van der Waals surface area contributed by atoms with E-state index >= 15 is 0 Å². The van der Waals surface area contributed by atoms with Crippen LogP contribution in [0.5, 0.6) is 11.5 Å². The first-order valence-electron chi connectivity index (χ1n) is 4.95. The van der Waals surface area contributed by atoms with Crippen molar-refractivity contribution in [2.45, 2.75) is 32.1 Å². The maximum absolute atomic E-state index is 9.83. The van der Waals surface area contributed by atoms with Crippen LogP contribution in [0, 0.1) is 0 Å². The van der Waals surface area contributed by atoms with Crippen molar-refractivity contribution in [1.29, 1.82) is 0 Å². The molecule has 0 unspecified atom stereocenters. The molecule has 1 aromatic rings. The molecular formula is C12H16O2. The van der Waals surface area contributed by atoms with Crippen LogP contribution in [-0.2, 0) is 11.8 Å². The minimum atomic E-state index is 0.0773. The Labute approximate surface area is 84.5 Å². The van der Waals surface area contributed by atoms with Crippen LogP contribution < -0.4 is 4.74 Å². The molecule has 0 atom stereocenters. The lowest BCUT2D eigenvalue weighted by atomic mass is 9.86. The Morgan fingerprint density at radius 2 is 2.07 bits per heavy atom. The van der Waals surface area contributed by atoms with E-state index in [1.165, 1.54) is 5.56 Å². The fourth-order valence-corrected chi connectivity index (χ4v) is 2.37. The van der Waals surface area contributed by atoms with Gasteiger partial charge in [0.15, 0.2) is 0 Å². The van der Waals surface area contributed by atoms with E-state index in [2.05, 4.69) is 13.8 Å². The molecule has 0 bridgehead atoms. The number of aromatic hydroxyl groups is 1. The van der Waals surface area contributed by atoms with Gasteiger partial charge in [0.2, 0.25) is 0 Å². The molecule has 0 heterocycles.